The molecule has 1 rings (SSSR count). The van der Waals surface area contributed by atoms with Crippen LogP contribution in [0.4, 0.5) is 8.78 Å². The van der Waals surface area contributed by atoms with Gasteiger partial charge in [0, 0.05) is 11.4 Å². The van der Waals surface area contributed by atoms with Gasteiger partial charge in [-0.1, -0.05) is 27.7 Å². The highest BCUT2D eigenvalue weighted by Gasteiger charge is 2.18. The minimum Gasteiger partial charge on any atom is -0.355 e. The molecule has 0 aromatic heterocycles. The normalized spacial score (nSPS) is 11.5. The van der Waals surface area contributed by atoms with E-state index in [0.29, 0.717) is 29.2 Å². The lowest BCUT2D eigenvalue weighted by Crippen LogP contribution is -2.34. The molecule has 2 nitrogen and oxygen atoms in total. The summed E-state index contributed by atoms with van der Waals surface area (Å²) in [6.07, 6.45) is 0. The molecule has 0 saturated heterocycles. The fourth-order valence-corrected chi connectivity index (χ4v) is 2.99. The van der Waals surface area contributed by atoms with Gasteiger partial charge in [0.05, 0.1) is 5.75 Å². The molecule has 0 atom stereocenters. The zero-order valence-corrected chi connectivity index (χ0v) is 13.8. The minimum absolute atomic E-state index is 0.0870. The zero-order valence-electron chi connectivity index (χ0n) is 13.0. The molecule has 0 fully saturated rings. The summed E-state index contributed by atoms with van der Waals surface area (Å²) in [4.78, 5) is 12.4. The van der Waals surface area contributed by atoms with Crippen LogP contribution in [0.15, 0.2) is 23.1 Å². The summed E-state index contributed by atoms with van der Waals surface area (Å²) in [6.45, 7) is 9.23. The number of amides is 1. The highest BCUT2D eigenvalue weighted by molar-refractivity contribution is 8.00. The number of carbonyl (C=O) groups is 1. The van der Waals surface area contributed by atoms with Crippen LogP contribution in [0.25, 0.3) is 0 Å². The van der Waals surface area contributed by atoms with Crippen molar-refractivity contribution >= 4 is 17.7 Å². The Balaban J connectivity index is 2.42. The monoisotopic (exact) mass is 315 g/mol. The van der Waals surface area contributed by atoms with E-state index in [0.717, 1.165) is 12.1 Å². The molecule has 0 aliphatic heterocycles. The van der Waals surface area contributed by atoms with Crippen molar-refractivity contribution in [2.24, 2.45) is 17.8 Å². The van der Waals surface area contributed by atoms with E-state index in [-0.39, 0.29) is 11.7 Å². The number of carbonyl (C=O) groups excluding carboxylic acids is 1. The van der Waals surface area contributed by atoms with Gasteiger partial charge in [0.1, 0.15) is 0 Å². The van der Waals surface area contributed by atoms with E-state index in [9.17, 15) is 13.6 Å². The Labute approximate surface area is 129 Å². The summed E-state index contributed by atoms with van der Waals surface area (Å²) in [7, 11) is 0. The first-order valence-corrected chi connectivity index (χ1v) is 8.14. The van der Waals surface area contributed by atoms with Gasteiger partial charge in [0.25, 0.3) is 0 Å². The molecule has 0 aliphatic rings. The highest BCUT2D eigenvalue weighted by atomic mass is 32.2. The van der Waals surface area contributed by atoms with Crippen molar-refractivity contribution in [3.8, 4) is 0 Å². The number of thioether (sulfide) groups is 1. The smallest absolute Gasteiger partial charge is 0.230 e. The Morgan fingerprint density at radius 3 is 2.29 bits per heavy atom. The molecule has 1 aromatic rings. The fourth-order valence-electron chi connectivity index (χ4n) is 2.24. The Kier molecular flexibility index (Phi) is 7.15. The lowest BCUT2D eigenvalue weighted by Gasteiger charge is -2.25. The van der Waals surface area contributed by atoms with Gasteiger partial charge < -0.3 is 5.32 Å². The molecule has 0 heterocycles. The fraction of sp³-hybridized carbons (Fsp3) is 0.562. The quantitative estimate of drug-likeness (QED) is 0.768. The lowest BCUT2D eigenvalue weighted by molar-refractivity contribution is -0.118. The van der Waals surface area contributed by atoms with Crippen LogP contribution >= 0.6 is 11.8 Å². The largest absolute Gasteiger partial charge is 0.355 e. The molecule has 0 unspecified atom stereocenters. The molecular weight excluding hydrogens is 292 g/mol. The van der Waals surface area contributed by atoms with Gasteiger partial charge in [-0.25, -0.2) is 8.78 Å². The van der Waals surface area contributed by atoms with Crippen molar-refractivity contribution in [1.29, 1.82) is 0 Å². The predicted molar refractivity (Wildman–Crippen MR) is 83.3 cm³/mol. The van der Waals surface area contributed by atoms with Crippen LogP contribution in [-0.2, 0) is 4.79 Å². The van der Waals surface area contributed by atoms with E-state index in [2.05, 4.69) is 33.0 Å². The molecule has 21 heavy (non-hydrogen) atoms. The van der Waals surface area contributed by atoms with Crippen LogP contribution in [0.1, 0.15) is 27.7 Å². The van der Waals surface area contributed by atoms with Gasteiger partial charge in [-0.05, 0) is 36.0 Å². The molecule has 118 valence electrons. The Morgan fingerprint density at radius 1 is 1.14 bits per heavy atom. The van der Waals surface area contributed by atoms with E-state index in [1.54, 1.807) is 0 Å². The Morgan fingerprint density at radius 2 is 1.76 bits per heavy atom. The summed E-state index contributed by atoms with van der Waals surface area (Å²) in [5.41, 5.74) is 0. The third-order valence-corrected chi connectivity index (χ3v) is 4.50. The second kappa shape index (κ2) is 8.37. The number of benzene rings is 1. The maximum Gasteiger partial charge on any atom is 0.230 e. The maximum absolute atomic E-state index is 13.0. The van der Waals surface area contributed by atoms with Gasteiger partial charge in [0.15, 0.2) is 11.6 Å². The molecule has 0 radical (unpaired) electrons. The van der Waals surface area contributed by atoms with Crippen LogP contribution < -0.4 is 5.32 Å². The van der Waals surface area contributed by atoms with Crippen LogP contribution in [0.2, 0.25) is 0 Å². The van der Waals surface area contributed by atoms with Crippen molar-refractivity contribution in [2.75, 3.05) is 12.3 Å². The number of halogens is 2. The van der Waals surface area contributed by atoms with Gasteiger partial charge in [-0.3, -0.25) is 4.79 Å². The average Bonchev–Trinajstić information content (AvgIpc) is 2.39. The number of hydrogen-bond donors (Lipinski definition) is 1. The Bertz CT molecular complexity index is 469. The van der Waals surface area contributed by atoms with Crippen LogP contribution in [0, 0.1) is 29.4 Å². The molecule has 1 N–H and O–H groups in total. The van der Waals surface area contributed by atoms with E-state index < -0.39 is 11.6 Å². The molecule has 0 spiro atoms. The van der Waals surface area contributed by atoms with E-state index in [4.69, 9.17) is 0 Å². The average molecular weight is 315 g/mol. The standard InChI is InChI=1S/C16H23F2NOS/c1-10(2)13(11(3)4)8-19-16(20)9-21-12-5-6-14(17)15(18)7-12/h5-7,10-11,13H,8-9H2,1-4H3,(H,19,20). The Hall–Kier alpha value is -1.10. The van der Waals surface area contributed by atoms with Crippen molar-refractivity contribution in [2.45, 2.75) is 32.6 Å². The van der Waals surface area contributed by atoms with Crippen LogP contribution in [-0.4, -0.2) is 18.2 Å². The third kappa shape index (κ3) is 6.04. The van der Waals surface area contributed by atoms with Gasteiger partial charge >= 0.3 is 0 Å². The summed E-state index contributed by atoms with van der Waals surface area (Å²) in [5.74, 6) is -0.208. The summed E-state index contributed by atoms with van der Waals surface area (Å²) >= 11 is 1.20. The second-order valence-electron chi connectivity index (χ2n) is 5.82. The molecule has 1 aromatic carbocycles. The first-order valence-electron chi connectivity index (χ1n) is 7.15. The SMILES string of the molecule is CC(C)C(CNC(=O)CSc1ccc(F)c(F)c1)C(C)C. The summed E-state index contributed by atoms with van der Waals surface area (Å²) in [6, 6.07) is 3.66. The lowest BCUT2D eigenvalue weighted by atomic mass is 9.85. The van der Waals surface area contributed by atoms with Crippen molar-refractivity contribution < 1.29 is 13.6 Å². The van der Waals surface area contributed by atoms with Crippen LogP contribution in [0.5, 0.6) is 0 Å². The number of nitrogens with one attached hydrogen (secondary N) is 1. The molecule has 0 bridgehead atoms. The predicted octanol–water partition coefficient (Wildman–Crippen LogP) is 4.10. The van der Waals surface area contributed by atoms with Crippen LogP contribution in [0.3, 0.4) is 0 Å². The third-order valence-electron chi connectivity index (χ3n) is 3.51. The first kappa shape index (κ1) is 18.0. The van der Waals surface area contributed by atoms with Crippen molar-refractivity contribution in [3.63, 3.8) is 0 Å². The van der Waals surface area contributed by atoms with Gasteiger partial charge in [-0.2, -0.15) is 0 Å². The summed E-state index contributed by atoms with van der Waals surface area (Å²) < 4.78 is 25.8. The number of rotatable bonds is 7. The van der Waals surface area contributed by atoms with Crippen molar-refractivity contribution in [3.05, 3.63) is 29.8 Å². The minimum atomic E-state index is -0.889. The van der Waals surface area contributed by atoms with E-state index in [1.807, 2.05) is 0 Å². The van der Waals surface area contributed by atoms with Crippen molar-refractivity contribution in [1.82, 2.24) is 5.32 Å². The zero-order chi connectivity index (χ0) is 16.0. The second-order valence-corrected chi connectivity index (χ2v) is 6.87. The molecule has 5 heteroatoms. The van der Waals surface area contributed by atoms with Gasteiger partial charge in [0.2, 0.25) is 5.91 Å². The molecule has 1 amide bonds. The molecular formula is C16H23F2NOS. The molecule has 0 saturated carbocycles. The van der Waals surface area contributed by atoms with E-state index >= 15 is 0 Å². The number of hydrogen-bond acceptors (Lipinski definition) is 2. The summed E-state index contributed by atoms with van der Waals surface area (Å²) in [5, 5.41) is 2.91. The van der Waals surface area contributed by atoms with Gasteiger partial charge in [-0.15, -0.1) is 11.8 Å². The molecule has 0 aliphatic carbocycles. The maximum atomic E-state index is 13.0. The highest BCUT2D eigenvalue weighted by Crippen LogP contribution is 2.21. The van der Waals surface area contributed by atoms with E-state index in [1.165, 1.54) is 17.8 Å². The topological polar surface area (TPSA) is 29.1 Å². The first-order chi connectivity index (χ1) is 9.81.